The van der Waals surface area contributed by atoms with Crippen molar-refractivity contribution in [2.45, 2.75) is 27.7 Å². The van der Waals surface area contributed by atoms with E-state index in [0.29, 0.717) is 0 Å². The van der Waals surface area contributed by atoms with Gasteiger partial charge < -0.3 is 4.74 Å². The SMILES string of the molecule is CC.COc1c(C)cc(Cl)cc1C. The monoisotopic (exact) mass is 200 g/mol. The normalized spacial score (nSPS) is 8.77. The lowest BCUT2D eigenvalue weighted by Gasteiger charge is -2.07. The molecule has 0 bridgehead atoms. The number of hydrogen-bond acceptors (Lipinski definition) is 1. The number of rotatable bonds is 1. The molecule has 0 radical (unpaired) electrons. The van der Waals surface area contributed by atoms with Crippen molar-refractivity contribution in [3.05, 3.63) is 28.3 Å². The van der Waals surface area contributed by atoms with E-state index >= 15 is 0 Å². The zero-order valence-corrected chi connectivity index (χ0v) is 9.70. The number of hydrogen-bond donors (Lipinski definition) is 0. The van der Waals surface area contributed by atoms with Gasteiger partial charge in [-0.2, -0.15) is 0 Å². The second-order valence-electron chi connectivity index (χ2n) is 2.57. The van der Waals surface area contributed by atoms with E-state index in [4.69, 9.17) is 16.3 Å². The zero-order valence-electron chi connectivity index (χ0n) is 8.94. The molecule has 1 aromatic carbocycles. The van der Waals surface area contributed by atoms with E-state index in [1.165, 1.54) is 0 Å². The topological polar surface area (TPSA) is 9.23 Å². The predicted octanol–water partition coefficient (Wildman–Crippen LogP) is 3.99. The molecule has 1 aromatic rings. The smallest absolute Gasteiger partial charge is 0.124 e. The van der Waals surface area contributed by atoms with Crippen molar-refractivity contribution in [2.75, 3.05) is 7.11 Å². The second kappa shape index (κ2) is 5.87. The summed E-state index contributed by atoms with van der Waals surface area (Å²) in [5, 5.41) is 0.765. The molecular weight excluding hydrogens is 184 g/mol. The van der Waals surface area contributed by atoms with E-state index in [1.807, 2.05) is 39.8 Å². The van der Waals surface area contributed by atoms with Crippen LogP contribution in [0.2, 0.25) is 5.02 Å². The lowest BCUT2D eigenvalue weighted by Crippen LogP contribution is -1.90. The Bertz CT molecular complexity index is 246. The van der Waals surface area contributed by atoms with Gasteiger partial charge in [-0.3, -0.25) is 0 Å². The lowest BCUT2D eigenvalue weighted by molar-refractivity contribution is 0.408. The first-order chi connectivity index (χ1) is 6.15. The summed E-state index contributed by atoms with van der Waals surface area (Å²) in [6.45, 7) is 7.97. The molecule has 13 heavy (non-hydrogen) atoms. The third-order valence-corrected chi connectivity index (χ3v) is 1.85. The highest BCUT2D eigenvalue weighted by Gasteiger charge is 2.02. The van der Waals surface area contributed by atoms with Crippen molar-refractivity contribution in [1.82, 2.24) is 0 Å². The van der Waals surface area contributed by atoms with Crippen molar-refractivity contribution < 1.29 is 4.74 Å². The van der Waals surface area contributed by atoms with Gasteiger partial charge in [0.25, 0.3) is 0 Å². The summed E-state index contributed by atoms with van der Waals surface area (Å²) in [5.74, 6) is 0.925. The molecule has 0 spiro atoms. The van der Waals surface area contributed by atoms with Crippen molar-refractivity contribution in [2.24, 2.45) is 0 Å². The van der Waals surface area contributed by atoms with Crippen molar-refractivity contribution in [1.29, 1.82) is 0 Å². The molecule has 0 atom stereocenters. The molecular formula is C11H17ClO. The third kappa shape index (κ3) is 3.27. The van der Waals surface area contributed by atoms with Gasteiger partial charge in [-0.05, 0) is 37.1 Å². The maximum Gasteiger partial charge on any atom is 0.124 e. The summed E-state index contributed by atoms with van der Waals surface area (Å²) >= 11 is 5.82. The number of aryl methyl sites for hydroxylation is 2. The molecule has 1 rings (SSSR count). The minimum atomic E-state index is 0.765. The van der Waals surface area contributed by atoms with E-state index < -0.39 is 0 Å². The molecule has 1 nitrogen and oxygen atoms in total. The Hall–Kier alpha value is -0.690. The van der Waals surface area contributed by atoms with Gasteiger partial charge in [0.2, 0.25) is 0 Å². The highest BCUT2D eigenvalue weighted by Crippen LogP contribution is 2.26. The Morgan fingerprint density at radius 2 is 1.46 bits per heavy atom. The van der Waals surface area contributed by atoms with E-state index in [-0.39, 0.29) is 0 Å². The molecule has 2 heteroatoms. The molecule has 0 aliphatic carbocycles. The minimum Gasteiger partial charge on any atom is -0.496 e. The first-order valence-electron chi connectivity index (χ1n) is 4.46. The molecule has 0 N–H and O–H groups in total. The Balaban J connectivity index is 0.000000671. The first kappa shape index (κ1) is 12.3. The minimum absolute atomic E-state index is 0.765. The molecule has 0 amide bonds. The summed E-state index contributed by atoms with van der Waals surface area (Å²) in [6, 6.07) is 3.79. The fraction of sp³-hybridized carbons (Fsp3) is 0.455. The van der Waals surface area contributed by atoms with Crippen LogP contribution >= 0.6 is 11.6 Å². The summed E-state index contributed by atoms with van der Waals surface area (Å²) in [4.78, 5) is 0. The quantitative estimate of drug-likeness (QED) is 0.666. The predicted molar refractivity (Wildman–Crippen MR) is 58.8 cm³/mol. The summed E-state index contributed by atoms with van der Waals surface area (Å²) < 4.78 is 5.17. The van der Waals surface area contributed by atoms with Crippen molar-refractivity contribution in [3.63, 3.8) is 0 Å². The number of halogens is 1. The number of benzene rings is 1. The molecule has 0 aliphatic rings. The Kier molecular flexibility index (Phi) is 5.56. The molecule has 0 fully saturated rings. The van der Waals surface area contributed by atoms with Crippen molar-refractivity contribution in [3.8, 4) is 5.75 Å². The maximum absolute atomic E-state index is 5.82. The van der Waals surface area contributed by atoms with Crippen LogP contribution in [0.25, 0.3) is 0 Å². The van der Waals surface area contributed by atoms with Crippen molar-refractivity contribution >= 4 is 11.6 Å². The van der Waals surface area contributed by atoms with Gasteiger partial charge in [0.1, 0.15) is 5.75 Å². The summed E-state index contributed by atoms with van der Waals surface area (Å²) in [5.41, 5.74) is 2.16. The molecule has 0 aromatic heterocycles. The lowest BCUT2D eigenvalue weighted by atomic mass is 10.1. The molecule has 0 unspecified atom stereocenters. The largest absolute Gasteiger partial charge is 0.496 e. The van der Waals surface area contributed by atoms with Gasteiger partial charge in [0.15, 0.2) is 0 Å². The van der Waals surface area contributed by atoms with Crippen LogP contribution in [-0.2, 0) is 0 Å². The fourth-order valence-electron chi connectivity index (χ4n) is 1.22. The van der Waals surface area contributed by atoms with E-state index in [9.17, 15) is 0 Å². The van der Waals surface area contributed by atoms with Crippen LogP contribution in [0.3, 0.4) is 0 Å². The highest BCUT2D eigenvalue weighted by molar-refractivity contribution is 6.30. The molecule has 74 valence electrons. The Morgan fingerprint density at radius 1 is 1.08 bits per heavy atom. The van der Waals surface area contributed by atoms with Gasteiger partial charge in [-0.1, -0.05) is 25.4 Å². The first-order valence-corrected chi connectivity index (χ1v) is 4.83. The van der Waals surface area contributed by atoms with Gasteiger partial charge in [0.05, 0.1) is 7.11 Å². The molecule has 0 saturated carbocycles. The standard InChI is InChI=1S/C9H11ClO.C2H6/c1-6-4-8(10)5-7(2)9(6)11-3;1-2/h4-5H,1-3H3;1-2H3. The van der Waals surface area contributed by atoms with Crippen LogP contribution in [-0.4, -0.2) is 7.11 Å². The Labute approximate surface area is 85.7 Å². The second-order valence-corrected chi connectivity index (χ2v) is 3.01. The van der Waals surface area contributed by atoms with Crippen LogP contribution in [0.1, 0.15) is 25.0 Å². The average molecular weight is 201 g/mol. The average Bonchev–Trinajstić information content (AvgIpc) is 2.07. The van der Waals surface area contributed by atoms with Crippen LogP contribution in [0.4, 0.5) is 0 Å². The van der Waals surface area contributed by atoms with Crippen LogP contribution < -0.4 is 4.74 Å². The molecule has 0 aliphatic heterocycles. The van der Waals surface area contributed by atoms with Crippen LogP contribution in [0, 0.1) is 13.8 Å². The van der Waals surface area contributed by atoms with Crippen LogP contribution in [0.5, 0.6) is 5.75 Å². The summed E-state index contributed by atoms with van der Waals surface area (Å²) in [6.07, 6.45) is 0. The molecule has 0 saturated heterocycles. The van der Waals surface area contributed by atoms with Gasteiger partial charge in [-0.15, -0.1) is 0 Å². The highest BCUT2D eigenvalue weighted by atomic mass is 35.5. The van der Waals surface area contributed by atoms with Crippen LogP contribution in [0.15, 0.2) is 12.1 Å². The fourth-order valence-corrected chi connectivity index (χ4v) is 1.55. The van der Waals surface area contributed by atoms with Gasteiger partial charge in [0, 0.05) is 5.02 Å². The summed E-state index contributed by atoms with van der Waals surface area (Å²) in [7, 11) is 1.67. The third-order valence-electron chi connectivity index (χ3n) is 1.63. The number of methoxy groups -OCH3 is 1. The number of ether oxygens (including phenoxy) is 1. The maximum atomic E-state index is 5.82. The van der Waals surface area contributed by atoms with E-state index in [0.717, 1.165) is 21.9 Å². The Morgan fingerprint density at radius 3 is 1.77 bits per heavy atom. The molecule has 0 heterocycles. The van der Waals surface area contributed by atoms with Gasteiger partial charge >= 0.3 is 0 Å². The van der Waals surface area contributed by atoms with E-state index in [2.05, 4.69) is 0 Å². The zero-order chi connectivity index (χ0) is 10.4. The van der Waals surface area contributed by atoms with Gasteiger partial charge in [-0.25, -0.2) is 0 Å². The van der Waals surface area contributed by atoms with E-state index in [1.54, 1.807) is 7.11 Å².